The maximum atomic E-state index is 13.6. The zero-order valence-electron chi connectivity index (χ0n) is 13.8. The maximum Gasteiger partial charge on any atom is 0.251 e. The Kier molecular flexibility index (Phi) is 5.82. The van der Waals surface area contributed by atoms with Crippen LogP contribution in [0.5, 0.6) is 0 Å². The topological polar surface area (TPSA) is 78.4 Å². The third-order valence-corrected chi connectivity index (χ3v) is 3.60. The van der Waals surface area contributed by atoms with E-state index in [1.807, 2.05) is 0 Å². The SMILES string of the molecule is CC(=O)Nc1cc(C(=O)NCC(O)c2c(F)cccc2F)ccc1C. The van der Waals surface area contributed by atoms with Gasteiger partial charge >= 0.3 is 0 Å². The lowest BCUT2D eigenvalue weighted by atomic mass is 10.1. The van der Waals surface area contributed by atoms with E-state index < -0.39 is 29.2 Å². The third kappa shape index (κ3) is 4.60. The minimum Gasteiger partial charge on any atom is -0.386 e. The van der Waals surface area contributed by atoms with E-state index >= 15 is 0 Å². The first-order chi connectivity index (χ1) is 11.8. The van der Waals surface area contributed by atoms with Gasteiger partial charge in [0, 0.05) is 24.7 Å². The van der Waals surface area contributed by atoms with Gasteiger partial charge in [0.25, 0.3) is 5.91 Å². The van der Waals surface area contributed by atoms with E-state index in [2.05, 4.69) is 10.6 Å². The highest BCUT2D eigenvalue weighted by Crippen LogP contribution is 2.20. The van der Waals surface area contributed by atoms with Gasteiger partial charge in [-0.15, -0.1) is 0 Å². The second kappa shape index (κ2) is 7.85. The lowest BCUT2D eigenvalue weighted by Gasteiger charge is -2.14. The first-order valence-corrected chi connectivity index (χ1v) is 7.58. The highest BCUT2D eigenvalue weighted by molar-refractivity contribution is 5.97. The number of benzene rings is 2. The summed E-state index contributed by atoms with van der Waals surface area (Å²) in [5.74, 6) is -2.58. The summed E-state index contributed by atoms with van der Waals surface area (Å²) in [4.78, 5) is 23.3. The van der Waals surface area contributed by atoms with Gasteiger partial charge in [-0.2, -0.15) is 0 Å². The Balaban J connectivity index is 2.09. The summed E-state index contributed by atoms with van der Waals surface area (Å²) in [6, 6.07) is 7.95. The third-order valence-electron chi connectivity index (χ3n) is 3.60. The molecule has 0 aliphatic carbocycles. The number of hydrogen-bond donors (Lipinski definition) is 3. The lowest BCUT2D eigenvalue weighted by Crippen LogP contribution is -2.29. The van der Waals surface area contributed by atoms with Gasteiger partial charge in [0.15, 0.2) is 0 Å². The molecule has 132 valence electrons. The molecule has 2 aromatic rings. The minimum absolute atomic E-state index is 0.246. The molecule has 7 heteroatoms. The average molecular weight is 348 g/mol. The van der Waals surface area contributed by atoms with E-state index in [0.717, 1.165) is 17.7 Å². The average Bonchev–Trinajstić information content (AvgIpc) is 2.54. The van der Waals surface area contributed by atoms with Crippen molar-refractivity contribution in [2.75, 3.05) is 11.9 Å². The molecule has 0 fully saturated rings. The van der Waals surface area contributed by atoms with Crippen molar-refractivity contribution in [3.63, 3.8) is 0 Å². The highest BCUT2D eigenvalue weighted by atomic mass is 19.1. The minimum atomic E-state index is -1.52. The van der Waals surface area contributed by atoms with Crippen molar-refractivity contribution in [1.82, 2.24) is 5.32 Å². The normalized spacial score (nSPS) is 11.7. The molecule has 5 nitrogen and oxygen atoms in total. The molecule has 0 radical (unpaired) electrons. The van der Waals surface area contributed by atoms with E-state index in [-0.39, 0.29) is 18.0 Å². The number of hydrogen-bond acceptors (Lipinski definition) is 3. The number of carbonyl (C=O) groups is 2. The van der Waals surface area contributed by atoms with Crippen LogP contribution in [0.1, 0.15) is 34.5 Å². The van der Waals surface area contributed by atoms with Crippen LogP contribution in [0.15, 0.2) is 36.4 Å². The van der Waals surface area contributed by atoms with Gasteiger partial charge in [-0.1, -0.05) is 12.1 Å². The fraction of sp³-hybridized carbons (Fsp3) is 0.222. The smallest absolute Gasteiger partial charge is 0.251 e. The van der Waals surface area contributed by atoms with E-state index in [9.17, 15) is 23.5 Å². The molecule has 0 heterocycles. The van der Waals surface area contributed by atoms with Crippen LogP contribution in [0.3, 0.4) is 0 Å². The second-order valence-corrected chi connectivity index (χ2v) is 5.57. The molecule has 2 rings (SSSR count). The van der Waals surface area contributed by atoms with Gasteiger partial charge in [-0.3, -0.25) is 9.59 Å². The van der Waals surface area contributed by atoms with Gasteiger partial charge < -0.3 is 15.7 Å². The van der Waals surface area contributed by atoms with Crippen LogP contribution in [0.2, 0.25) is 0 Å². The van der Waals surface area contributed by atoms with Crippen LogP contribution in [0.4, 0.5) is 14.5 Å². The largest absolute Gasteiger partial charge is 0.386 e. The first kappa shape index (κ1) is 18.5. The predicted octanol–water partition coefficient (Wildman–Crippen LogP) is 2.70. The van der Waals surface area contributed by atoms with Crippen LogP contribution in [-0.2, 0) is 4.79 Å². The van der Waals surface area contributed by atoms with Crippen molar-refractivity contribution in [2.45, 2.75) is 20.0 Å². The lowest BCUT2D eigenvalue weighted by molar-refractivity contribution is -0.114. The Morgan fingerprint density at radius 1 is 1.16 bits per heavy atom. The zero-order chi connectivity index (χ0) is 18.6. The van der Waals surface area contributed by atoms with Crippen LogP contribution in [0, 0.1) is 18.6 Å². The monoisotopic (exact) mass is 348 g/mol. The van der Waals surface area contributed by atoms with Crippen molar-refractivity contribution >= 4 is 17.5 Å². The summed E-state index contributed by atoms with van der Waals surface area (Å²) in [6.07, 6.45) is -1.52. The van der Waals surface area contributed by atoms with Crippen molar-refractivity contribution in [1.29, 1.82) is 0 Å². The summed E-state index contributed by atoms with van der Waals surface area (Å²) in [7, 11) is 0. The molecule has 0 aliphatic rings. The number of halogens is 2. The molecule has 0 bridgehead atoms. The number of aliphatic hydroxyl groups excluding tert-OH is 1. The van der Waals surface area contributed by atoms with Gasteiger partial charge in [0.05, 0.1) is 5.56 Å². The molecular formula is C18H18F2N2O3. The molecule has 0 aromatic heterocycles. The Bertz CT molecular complexity index is 789. The van der Waals surface area contributed by atoms with Crippen molar-refractivity contribution in [2.24, 2.45) is 0 Å². The quantitative estimate of drug-likeness (QED) is 0.777. The molecule has 2 aromatic carbocycles. The predicted molar refractivity (Wildman–Crippen MR) is 89.1 cm³/mol. The van der Waals surface area contributed by atoms with Crippen LogP contribution in [-0.4, -0.2) is 23.5 Å². The first-order valence-electron chi connectivity index (χ1n) is 7.58. The maximum absolute atomic E-state index is 13.6. The van der Waals surface area contributed by atoms with Crippen molar-refractivity contribution in [3.8, 4) is 0 Å². The van der Waals surface area contributed by atoms with Gasteiger partial charge in [-0.05, 0) is 36.8 Å². The standard InChI is InChI=1S/C18H18F2N2O3/c1-10-6-7-12(8-15(10)22-11(2)23)18(25)21-9-16(24)17-13(19)4-3-5-14(17)20/h3-8,16,24H,9H2,1-2H3,(H,21,25)(H,22,23). The van der Waals surface area contributed by atoms with Crippen LogP contribution < -0.4 is 10.6 Å². The van der Waals surface area contributed by atoms with Gasteiger partial charge in [0.2, 0.25) is 5.91 Å². The Hall–Kier alpha value is -2.80. The summed E-state index contributed by atoms with van der Waals surface area (Å²) >= 11 is 0. The summed E-state index contributed by atoms with van der Waals surface area (Å²) in [5.41, 5.74) is 1.02. The number of aryl methyl sites for hydroxylation is 1. The summed E-state index contributed by atoms with van der Waals surface area (Å²) in [6.45, 7) is 2.77. The van der Waals surface area contributed by atoms with E-state index in [4.69, 9.17) is 0 Å². The fourth-order valence-electron chi connectivity index (χ4n) is 2.31. The van der Waals surface area contributed by atoms with Crippen LogP contribution >= 0.6 is 0 Å². The molecule has 0 saturated heterocycles. The Labute approximate surface area is 143 Å². The molecule has 3 N–H and O–H groups in total. The number of rotatable bonds is 5. The molecule has 1 atom stereocenters. The number of aliphatic hydroxyl groups is 1. The number of anilines is 1. The van der Waals surface area contributed by atoms with E-state index in [0.29, 0.717) is 5.69 Å². The fourth-order valence-corrected chi connectivity index (χ4v) is 2.31. The molecule has 0 saturated carbocycles. The Morgan fingerprint density at radius 3 is 2.40 bits per heavy atom. The molecule has 25 heavy (non-hydrogen) atoms. The van der Waals surface area contributed by atoms with E-state index in [1.165, 1.54) is 19.1 Å². The van der Waals surface area contributed by atoms with Gasteiger partial charge in [-0.25, -0.2) is 8.78 Å². The summed E-state index contributed by atoms with van der Waals surface area (Å²) < 4.78 is 27.2. The van der Waals surface area contributed by atoms with E-state index in [1.54, 1.807) is 19.1 Å². The molecule has 0 aliphatic heterocycles. The zero-order valence-corrected chi connectivity index (χ0v) is 13.8. The highest BCUT2D eigenvalue weighted by Gasteiger charge is 2.19. The number of nitrogens with one attached hydrogen (secondary N) is 2. The summed E-state index contributed by atoms with van der Waals surface area (Å²) in [5, 5.41) is 15.0. The molecule has 0 spiro atoms. The Morgan fingerprint density at radius 2 is 1.80 bits per heavy atom. The van der Waals surface area contributed by atoms with Gasteiger partial charge in [0.1, 0.15) is 17.7 Å². The second-order valence-electron chi connectivity index (χ2n) is 5.57. The number of amides is 2. The van der Waals surface area contributed by atoms with Crippen molar-refractivity contribution < 1.29 is 23.5 Å². The molecule has 2 amide bonds. The number of carbonyl (C=O) groups excluding carboxylic acids is 2. The molecular weight excluding hydrogens is 330 g/mol. The van der Waals surface area contributed by atoms with Crippen molar-refractivity contribution in [3.05, 3.63) is 64.7 Å². The molecule has 1 unspecified atom stereocenters. The van der Waals surface area contributed by atoms with Crippen LogP contribution in [0.25, 0.3) is 0 Å².